The van der Waals surface area contributed by atoms with Crippen molar-refractivity contribution in [1.82, 2.24) is 9.72 Å². The third-order valence-corrected chi connectivity index (χ3v) is 4.74. The van der Waals surface area contributed by atoms with Gasteiger partial charge in [-0.15, -0.1) is 0 Å². The number of aryl methyl sites for hydroxylation is 1. The van der Waals surface area contributed by atoms with Gasteiger partial charge in [0.25, 0.3) is 5.91 Å². The molecule has 2 aromatic heterocycles. The van der Waals surface area contributed by atoms with Gasteiger partial charge < -0.3 is 24.6 Å². The number of rotatable bonds is 8. The number of halogens is 1. The van der Waals surface area contributed by atoms with Gasteiger partial charge in [-0.3, -0.25) is 4.79 Å². The first-order chi connectivity index (χ1) is 14.3. The molecule has 1 aromatic carbocycles. The van der Waals surface area contributed by atoms with Crippen LogP contribution in [0.4, 0.5) is 10.1 Å². The Hall–Kier alpha value is -3.62. The second-order valence-electron chi connectivity index (χ2n) is 6.72. The van der Waals surface area contributed by atoms with Crippen LogP contribution in [-0.4, -0.2) is 38.0 Å². The van der Waals surface area contributed by atoms with E-state index in [-0.39, 0.29) is 23.4 Å². The third-order valence-electron chi connectivity index (χ3n) is 4.74. The number of phenolic OH excluding ortho intramolecular Hbond substituents is 1. The fraction of sp³-hybridized carbons (Fsp3) is 0.286. The number of carbonyl (C=O) groups excluding carboxylic acids is 1. The van der Waals surface area contributed by atoms with Crippen LogP contribution in [-0.2, 0) is 24.2 Å². The number of nitrogens with zero attached hydrogens (tertiary/aromatic N) is 2. The summed E-state index contributed by atoms with van der Waals surface area (Å²) in [6.07, 6.45) is 1.07. The van der Waals surface area contributed by atoms with E-state index < -0.39 is 18.0 Å². The Morgan fingerprint density at radius 1 is 1.23 bits per heavy atom. The van der Waals surface area contributed by atoms with Crippen molar-refractivity contribution in [2.45, 2.75) is 39.4 Å². The Kier molecular flexibility index (Phi) is 6.20. The Bertz CT molecular complexity index is 1060. The van der Waals surface area contributed by atoms with Gasteiger partial charge in [-0.05, 0) is 37.6 Å². The number of aromatic hydroxyl groups is 1. The Morgan fingerprint density at radius 2 is 1.93 bits per heavy atom. The number of alkyl halides is 1. The van der Waals surface area contributed by atoms with Gasteiger partial charge in [0.1, 0.15) is 11.3 Å². The topological polar surface area (TPSA) is 118 Å². The van der Waals surface area contributed by atoms with Crippen LogP contribution in [0.3, 0.4) is 0 Å². The summed E-state index contributed by atoms with van der Waals surface area (Å²) in [6, 6.07) is 6.32. The molecule has 1 amide bonds. The first kappa shape index (κ1) is 21.1. The first-order valence-electron chi connectivity index (χ1n) is 9.48. The molecule has 30 heavy (non-hydrogen) atoms. The lowest BCUT2D eigenvalue weighted by Gasteiger charge is -2.09. The van der Waals surface area contributed by atoms with Crippen LogP contribution in [0.1, 0.15) is 35.5 Å². The number of hydrogen-bond acceptors (Lipinski definition) is 5. The standard InChI is InChI=1S/C21H22FN3O5/c1-3-14-17(24-30-19(14)12-5-7-13(26)8-6-12)9-16(22)20(27)23-18-11-25(4-2)10-15(18)21(28)29/h5-8,10-11,16,26H,3-4,9H2,1-2H3,(H,23,27)(H,28,29). The normalized spacial score (nSPS) is 12.0. The number of carboxylic acids is 1. The van der Waals surface area contributed by atoms with Gasteiger partial charge >= 0.3 is 5.97 Å². The van der Waals surface area contributed by atoms with E-state index in [0.717, 1.165) is 0 Å². The number of carbonyl (C=O) groups is 2. The van der Waals surface area contributed by atoms with Gasteiger partial charge in [0, 0.05) is 36.5 Å². The van der Waals surface area contributed by atoms with E-state index in [9.17, 15) is 24.2 Å². The summed E-state index contributed by atoms with van der Waals surface area (Å²) in [5, 5.41) is 25.0. The third kappa shape index (κ3) is 4.35. The van der Waals surface area contributed by atoms with Gasteiger partial charge in [0.15, 0.2) is 11.9 Å². The average Bonchev–Trinajstić information content (AvgIpc) is 3.32. The molecular weight excluding hydrogens is 393 g/mol. The summed E-state index contributed by atoms with van der Waals surface area (Å²) in [5.41, 5.74) is 1.59. The molecule has 2 heterocycles. The van der Waals surface area contributed by atoms with Gasteiger partial charge in [-0.25, -0.2) is 9.18 Å². The zero-order chi connectivity index (χ0) is 21.8. The molecule has 9 heteroatoms. The maximum Gasteiger partial charge on any atom is 0.339 e. The monoisotopic (exact) mass is 415 g/mol. The molecule has 0 aliphatic rings. The molecule has 8 nitrogen and oxygen atoms in total. The van der Waals surface area contributed by atoms with Crippen molar-refractivity contribution < 1.29 is 28.7 Å². The highest BCUT2D eigenvalue weighted by Gasteiger charge is 2.25. The van der Waals surface area contributed by atoms with Crippen LogP contribution in [0.5, 0.6) is 5.75 Å². The smallest absolute Gasteiger partial charge is 0.339 e. The lowest BCUT2D eigenvalue weighted by molar-refractivity contribution is -0.120. The van der Waals surface area contributed by atoms with Crippen LogP contribution in [0, 0.1) is 0 Å². The molecule has 0 radical (unpaired) electrons. The molecule has 0 saturated carbocycles. The van der Waals surface area contributed by atoms with Gasteiger partial charge in [0.05, 0.1) is 11.4 Å². The number of aromatic carboxylic acids is 1. The van der Waals surface area contributed by atoms with E-state index in [0.29, 0.717) is 35.5 Å². The van der Waals surface area contributed by atoms with Gasteiger partial charge in [0.2, 0.25) is 0 Å². The van der Waals surface area contributed by atoms with Crippen molar-refractivity contribution in [2.24, 2.45) is 0 Å². The molecule has 0 spiro atoms. The van der Waals surface area contributed by atoms with Crippen LogP contribution >= 0.6 is 0 Å². The largest absolute Gasteiger partial charge is 0.508 e. The van der Waals surface area contributed by atoms with Crippen molar-refractivity contribution in [3.05, 3.63) is 53.5 Å². The molecular formula is C21H22FN3O5. The van der Waals surface area contributed by atoms with Gasteiger partial charge in [-0.1, -0.05) is 12.1 Å². The molecule has 0 aliphatic carbocycles. The zero-order valence-electron chi connectivity index (χ0n) is 16.6. The van der Waals surface area contributed by atoms with Crippen LogP contribution < -0.4 is 5.32 Å². The average molecular weight is 415 g/mol. The second-order valence-corrected chi connectivity index (χ2v) is 6.72. The van der Waals surface area contributed by atoms with Crippen molar-refractivity contribution in [3.63, 3.8) is 0 Å². The number of aromatic nitrogens is 2. The maximum absolute atomic E-state index is 14.7. The van der Waals surface area contributed by atoms with E-state index >= 15 is 0 Å². The van der Waals surface area contributed by atoms with Crippen molar-refractivity contribution >= 4 is 17.6 Å². The second kappa shape index (κ2) is 8.81. The Morgan fingerprint density at radius 3 is 2.53 bits per heavy atom. The summed E-state index contributed by atoms with van der Waals surface area (Å²) < 4.78 is 21.6. The molecule has 0 bridgehead atoms. The quantitative estimate of drug-likeness (QED) is 0.517. The fourth-order valence-corrected chi connectivity index (χ4v) is 3.14. The maximum atomic E-state index is 14.7. The van der Waals surface area contributed by atoms with Crippen LogP contribution in [0.15, 0.2) is 41.2 Å². The highest BCUT2D eigenvalue weighted by molar-refractivity contribution is 6.01. The Labute approximate surface area is 171 Å². The van der Waals surface area contributed by atoms with Crippen molar-refractivity contribution in [1.29, 1.82) is 0 Å². The molecule has 1 unspecified atom stereocenters. The predicted molar refractivity (Wildman–Crippen MR) is 107 cm³/mol. The number of amides is 1. The van der Waals surface area contributed by atoms with E-state index in [4.69, 9.17) is 4.52 Å². The number of hydrogen-bond donors (Lipinski definition) is 3. The van der Waals surface area contributed by atoms with E-state index in [1.54, 1.807) is 16.7 Å². The molecule has 158 valence electrons. The van der Waals surface area contributed by atoms with E-state index in [2.05, 4.69) is 10.5 Å². The molecule has 1 atom stereocenters. The molecule has 3 rings (SSSR count). The minimum atomic E-state index is -1.94. The lowest BCUT2D eigenvalue weighted by Crippen LogP contribution is -2.27. The molecule has 0 fully saturated rings. The molecule has 3 N–H and O–H groups in total. The SMILES string of the molecule is CCc1c(CC(F)C(=O)Nc2cn(CC)cc2C(=O)O)noc1-c1ccc(O)cc1. The molecule has 0 aliphatic heterocycles. The van der Waals surface area contributed by atoms with E-state index in [1.807, 2.05) is 13.8 Å². The van der Waals surface area contributed by atoms with Crippen molar-refractivity contribution in [3.8, 4) is 17.1 Å². The number of phenols is 1. The van der Waals surface area contributed by atoms with E-state index in [1.165, 1.54) is 24.5 Å². The highest BCUT2D eigenvalue weighted by atomic mass is 19.1. The van der Waals surface area contributed by atoms with Crippen LogP contribution in [0.2, 0.25) is 0 Å². The molecule has 0 saturated heterocycles. The number of nitrogens with one attached hydrogen (secondary N) is 1. The predicted octanol–water partition coefficient (Wildman–Crippen LogP) is 3.65. The first-order valence-corrected chi connectivity index (χ1v) is 9.48. The summed E-state index contributed by atoms with van der Waals surface area (Å²) >= 11 is 0. The fourth-order valence-electron chi connectivity index (χ4n) is 3.14. The summed E-state index contributed by atoms with van der Waals surface area (Å²) in [5.74, 6) is -1.61. The number of benzene rings is 1. The number of carboxylic acid groups (broad SMARTS) is 1. The van der Waals surface area contributed by atoms with Crippen molar-refractivity contribution in [2.75, 3.05) is 5.32 Å². The summed E-state index contributed by atoms with van der Waals surface area (Å²) in [6.45, 7) is 4.19. The lowest BCUT2D eigenvalue weighted by atomic mass is 10.0. The minimum absolute atomic E-state index is 0.0395. The Balaban J connectivity index is 1.77. The van der Waals surface area contributed by atoms with Crippen LogP contribution in [0.25, 0.3) is 11.3 Å². The zero-order valence-corrected chi connectivity index (χ0v) is 16.6. The number of anilines is 1. The highest BCUT2D eigenvalue weighted by Crippen LogP contribution is 2.29. The summed E-state index contributed by atoms with van der Waals surface area (Å²) in [7, 11) is 0. The molecule has 3 aromatic rings. The van der Waals surface area contributed by atoms with Gasteiger partial charge in [-0.2, -0.15) is 0 Å². The minimum Gasteiger partial charge on any atom is -0.508 e. The summed E-state index contributed by atoms with van der Waals surface area (Å²) in [4.78, 5) is 23.7.